The maximum atomic E-state index is 14.7. The van der Waals surface area contributed by atoms with Gasteiger partial charge in [-0.25, -0.2) is 14.4 Å². The molecule has 0 aliphatic rings. The summed E-state index contributed by atoms with van der Waals surface area (Å²) in [6.07, 6.45) is 1.09. The molecule has 0 saturated carbocycles. The third kappa shape index (κ3) is 12.6. The van der Waals surface area contributed by atoms with Crippen LogP contribution in [0.25, 0.3) is 0 Å². The number of aryl methyl sites for hydroxylation is 1. The second-order valence-corrected chi connectivity index (χ2v) is 11.8. The zero-order chi connectivity index (χ0) is 32.5. The van der Waals surface area contributed by atoms with Gasteiger partial charge in [0.05, 0.1) is 33.8 Å². The van der Waals surface area contributed by atoms with E-state index in [1.165, 1.54) is 33.8 Å². The quantitative estimate of drug-likeness (QED) is 0.190. The maximum Gasteiger partial charge on any atom is 1.00 e. The Bertz CT molecular complexity index is 1450. The van der Waals surface area contributed by atoms with Crippen LogP contribution in [0.15, 0.2) is 30.5 Å². The molecule has 236 valence electrons. The molecule has 3 rings (SSSR count). The number of amides is 1. The average molecular weight is 667 g/mol. The zero-order valence-electron chi connectivity index (χ0n) is 27.8. The fourth-order valence-electron chi connectivity index (χ4n) is 3.59. The molecule has 1 aromatic carbocycles. The van der Waals surface area contributed by atoms with Crippen molar-refractivity contribution in [3.8, 4) is 17.2 Å². The van der Waals surface area contributed by atoms with E-state index in [1.807, 2.05) is 0 Å². The van der Waals surface area contributed by atoms with E-state index in [0.29, 0.717) is 28.5 Å². The molecule has 13 nitrogen and oxygen atoms in total. The van der Waals surface area contributed by atoms with Gasteiger partial charge in [-0.15, -0.1) is 0 Å². The number of halogens is 1. The van der Waals surface area contributed by atoms with Gasteiger partial charge in [0.2, 0.25) is 17.6 Å². The van der Waals surface area contributed by atoms with E-state index in [1.54, 1.807) is 45.9 Å². The molecule has 2 heterocycles. The Morgan fingerprint density at radius 2 is 1.56 bits per heavy atom. The first kappa shape index (κ1) is 43.0. The van der Waals surface area contributed by atoms with Gasteiger partial charge in [-0.2, -0.15) is 4.98 Å². The van der Waals surface area contributed by atoms with Gasteiger partial charge in [0.25, 0.3) is 0 Å². The number of hydrogen-bond donors (Lipinski definition) is 2. The summed E-state index contributed by atoms with van der Waals surface area (Å²) in [5.74, 6) is -0.607. The SMILES string of the molecule is CCC.COc1cc(Nc2ncc(F)c(Nc3ccc(C)c(N(CP(=O)([O-])[O-])C(=O)C(C)(C)C)n3)n2)cc(OC)c1OC.[Na+].[Na+]. The molecule has 17 heteroatoms. The third-order valence-corrected chi connectivity index (χ3v) is 6.07. The van der Waals surface area contributed by atoms with E-state index in [-0.39, 0.29) is 82.5 Å². The van der Waals surface area contributed by atoms with Crippen LogP contribution >= 0.6 is 7.60 Å². The Labute approximate surface area is 307 Å². The fraction of sp³-hybridized carbons (Fsp3) is 0.429. The summed E-state index contributed by atoms with van der Waals surface area (Å²) in [7, 11) is -0.754. The van der Waals surface area contributed by atoms with Crippen molar-refractivity contribution in [3.05, 3.63) is 41.8 Å². The number of nitrogens with one attached hydrogen (secondary N) is 2. The van der Waals surface area contributed by atoms with Gasteiger partial charge in [0, 0.05) is 23.2 Å². The Morgan fingerprint density at radius 1 is 1.00 bits per heavy atom. The Morgan fingerprint density at radius 3 is 2.02 bits per heavy atom. The van der Waals surface area contributed by atoms with Gasteiger partial charge in [0.15, 0.2) is 23.1 Å². The topological polar surface area (TPSA) is 174 Å². The van der Waals surface area contributed by atoms with Crippen LogP contribution in [0.5, 0.6) is 17.2 Å². The molecule has 0 unspecified atom stereocenters. The molecule has 0 atom stereocenters. The summed E-state index contributed by atoms with van der Waals surface area (Å²) in [5.41, 5.74) is -0.137. The Hall–Kier alpha value is -2.00. The fourth-order valence-corrected chi connectivity index (χ4v) is 4.19. The predicted molar refractivity (Wildman–Crippen MR) is 159 cm³/mol. The van der Waals surface area contributed by atoms with Gasteiger partial charge < -0.3 is 39.2 Å². The van der Waals surface area contributed by atoms with Crippen LogP contribution < -0.4 is 98.6 Å². The second-order valence-electron chi connectivity index (χ2n) is 10.3. The second kappa shape index (κ2) is 19.0. The molecule has 45 heavy (non-hydrogen) atoms. The largest absolute Gasteiger partial charge is 1.00 e. The van der Waals surface area contributed by atoms with Crippen LogP contribution in [0.4, 0.5) is 33.5 Å². The van der Waals surface area contributed by atoms with E-state index >= 15 is 0 Å². The number of aromatic nitrogens is 3. The smallest absolute Gasteiger partial charge is 0.809 e. The summed E-state index contributed by atoms with van der Waals surface area (Å²) in [6.45, 7) is 10.6. The van der Waals surface area contributed by atoms with Crippen LogP contribution in [0.1, 0.15) is 46.6 Å². The van der Waals surface area contributed by atoms with Crippen molar-refractivity contribution >= 4 is 42.6 Å². The molecule has 2 aromatic heterocycles. The number of rotatable bonds is 10. The standard InChI is InChI=1S/C25H32FN6O7P.C3H8.2Na/c1-14-8-9-19(30-22(14)32(13-40(34,35)36)23(33)25(2,3)4)29-21-16(26)12-27-24(31-21)28-15-10-17(37-5)20(39-7)18(11-15)38-6;1-3-2;;/h8-12H,13H2,1-7H3,(H2,34,35,36)(H2,27,28,29,30,31);3H2,1-2H3;;/q;;2*+1/p-2. The first-order valence-electron chi connectivity index (χ1n) is 13.3. The molecule has 1 amide bonds. The van der Waals surface area contributed by atoms with E-state index in [2.05, 4.69) is 39.4 Å². The first-order chi connectivity index (χ1) is 20.1. The van der Waals surface area contributed by atoms with Crippen molar-refractivity contribution in [1.82, 2.24) is 15.0 Å². The number of carbonyl (C=O) groups is 1. The molecule has 0 fully saturated rings. The minimum Gasteiger partial charge on any atom is -0.809 e. The third-order valence-electron chi connectivity index (χ3n) is 5.44. The summed E-state index contributed by atoms with van der Waals surface area (Å²) < 4.78 is 42.3. The van der Waals surface area contributed by atoms with Crippen molar-refractivity contribution in [2.45, 2.75) is 48.0 Å². The van der Waals surface area contributed by atoms with Gasteiger partial charge in [-0.05, 0) is 26.1 Å². The molecule has 0 aliphatic heterocycles. The normalized spacial score (nSPS) is 10.7. The molecular formula is C28H38FN6Na2O7P. The molecular weight excluding hydrogens is 628 g/mol. The van der Waals surface area contributed by atoms with Gasteiger partial charge in [0.1, 0.15) is 11.6 Å². The average Bonchev–Trinajstić information content (AvgIpc) is 2.93. The van der Waals surface area contributed by atoms with Crippen molar-refractivity contribution in [2.24, 2.45) is 5.41 Å². The first-order valence-corrected chi connectivity index (χ1v) is 15.0. The summed E-state index contributed by atoms with van der Waals surface area (Å²) in [5, 5.41) is 5.65. The predicted octanol–water partition coefficient (Wildman–Crippen LogP) is -1.49. The molecule has 3 aromatic rings. The van der Waals surface area contributed by atoms with E-state index in [9.17, 15) is 23.5 Å². The number of pyridine rings is 1. The molecule has 0 aliphatic carbocycles. The van der Waals surface area contributed by atoms with Gasteiger partial charge in [-0.1, -0.05) is 47.1 Å². The Balaban J connectivity index is 0.00000372. The van der Waals surface area contributed by atoms with E-state index < -0.39 is 31.0 Å². The number of hydrogen-bond acceptors (Lipinski definition) is 12. The molecule has 0 saturated heterocycles. The van der Waals surface area contributed by atoms with E-state index in [0.717, 1.165) is 11.1 Å². The number of carbonyl (C=O) groups excluding carboxylic acids is 1. The zero-order valence-corrected chi connectivity index (χ0v) is 32.7. The summed E-state index contributed by atoms with van der Waals surface area (Å²) in [6, 6.07) is 6.25. The number of ether oxygens (including phenoxy) is 3. The van der Waals surface area contributed by atoms with Crippen LogP contribution in [-0.4, -0.2) is 48.5 Å². The van der Waals surface area contributed by atoms with Crippen molar-refractivity contribution in [2.75, 3.05) is 43.1 Å². The van der Waals surface area contributed by atoms with Crippen molar-refractivity contribution < 1.29 is 96.9 Å². The minimum absolute atomic E-state index is 0. The van der Waals surface area contributed by atoms with Crippen molar-refractivity contribution in [1.29, 1.82) is 0 Å². The summed E-state index contributed by atoms with van der Waals surface area (Å²) >= 11 is 0. The van der Waals surface area contributed by atoms with Gasteiger partial charge >= 0.3 is 59.1 Å². The van der Waals surface area contributed by atoms with Gasteiger partial charge in [-0.3, -0.25) is 9.69 Å². The van der Waals surface area contributed by atoms with Crippen LogP contribution in [0.2, 0.25) is 0 Å². The number of benzene rings is 1. The molecule has 0 bridgehead atoms. The molecule has 0 radical (unpaired) electrons. The van der Waals surface area contributed by atoms with Crippen LogP contribution in [0, 0.1) is 18.2 Å². The summed E-state index contributed by atoms with van der Waals surface area (Å²) in [4.78, 5) is 49.5. The monoisotopic (exact) mass is 666 g/mol. The minimum atomic E-state index is -5.15. The molecule has 2 N–H and O–H groups in total. The number of methoxy groups -OCH3 is 3. The van der Waals surface area contributed by atoms with Crippen LogP contribution in [-0.2, 0) is 9.36 Å². The number of nitrogens with zero attached hydrogens (tertiary/aromatic N) is 4. The molecule has 0 spiro atoms. The maximum absolute atomic E-state index is 14.7. The van der Waals surface area contributed by atoms with Crippen LogP contribution in [0.3, 0.4) is 0 Å². The van der Waals surface area contributed by atoms with Crippen molar-refractivity contribution in [3.63, 3.8) is 0 Å². The number of anilines is 5. The Kier molecular flexibility index (Phi) is 18.1. The van der Waals surface area contributed by atoms with E-state index in [4.69, 9.17) is 14.2 Å².